The highest BCUT2D eigenvalue weighted by atomic mass is 35.5. The molecule has 1 saturated carbocycles. The Morgan fingerprint density at radius 2 is 2.00 bits per heavy atom. The van der Waals surface area contributed by atoms with Crippen LogP contribution in [0, 0.1) is 5.82 Å². The third-order valence-corrected chi connectivity index (χ3v) is 6.67. The van der Waals surface area contributed by atoms with E-state index in [4.69, 9.17) is 16.3 Å². The molecule has 3 amide bonds. The molecule has 31 heavy (non-hydrogen) atoms. The molecule has 2 aliphatic heterocycles. The summed E-state index contributed by atoms with van der Waals surface area (Å²) in [5.41, 5.74) is 1.59. The molecule has 2 fully saturated rings. The number of hydrogen-bond donors (Lipinski definition) is 1. The van der Waals surface area contributed by atoms with E-state index in [0.29, 0.717) is 44.1 Å². The van der Waals surface area contributed by atoms with Crippen molar-refractivity contribution in [1.82, 2.24) is 19.6 Å². The number of nitrogens with one attached hydrogen (secondary N) is 1. The van der Waals surface area contributed by atoms with Gasteiger partial charge in [-0.25, -0.2) is 9.18 Å². The van der Waals surface area contributed by atoms with Gasteiger partial charge in [0.1, 0.15) is 5.82 Å². The molecule has 3 heterocycles. The summed E-state index contributed by atoms with van der Waals surface area (Å²) in [6.07, 6.45) is 4.47. The second-order valence-electron chi connectivity index (χ2n) is 8.25. The van der Waals surface area contributed by atoms with E-state index in [-0.39, 0.29) is 29.0 Å². The number of nitrogens with zero attached hydrogens (tertiary/aromatic N) is 4. The molecule has 1 spiro atoms. The lowest BCUT2D eigenvalue weighted by Gasteiger charge is -2.31. The highest BCUT2D eigenvalue weighted by Crippen LogP contribution is 2.46. The Labute approximate surface area is 183 Å². The first-order chi connectivity index (χ1) is 15.0. The van der Waals surface area contributed by atoms with Gasteiger partial charge >= 0.3 is 6.03 Å². The fourth-order valence-electron chi connectivity index (χ4n) is 4.39. The lowest BCUT2D eigenvalue weighted by Crippen LogP contribution is -2.44. The molecular formula is C21H23ClFN5O3. The van der Waals surface area contributed by atoms with Crippen molar-refractivity contribution in [3.8, 4) is 0 Å². The number of urea groups is 1. The van der Waals surface area contributed by atoms with Gasteiger partial charge in [0.2, 0.25) is 0 Å². The van der Waals surface area contributed by atoms with Crippen molar-refractivity contribution < 1.29 is 18.7 Å². The number of carbonyl (C=O) groups excluding carboxylic acids is 2. The summed E-state index contributed by atoms with van der Waals surface area (Å²) < 4.78 is 20.8. The predicted molar refractivity (Wildman–Crippen MR) is 112 cm³/mol. The predicted octanol–water partition coefficient (Wildman–Crippen LogP) is 3.12. The first-order valence-electron chi connectivity index (χ1n) is 10.4. The standard InChI is InChI=1S/C21H23ClFN5O3/c22-16-11-14(1-2-17(16)23)25-20(30)26-6-7-28-18(13-26)15(12-24-28)19(29)27-8-10-31-9-5-21(27)3-4-21/h1-2,11-12H,3-10,13H2,(H,25,30). The minimum absolute atomic E-state index is 0.0446. The van der Waals surface area contributed by atoms with Gasteiger partial charge in [0.15, 0.2) is 0 Å². The van der Waals surface area contributed by atoms with Crippen LogP contribution in [0.2, 0.25) is 5.02 Å². The highest BCUT2D eigenvalue weighted by molar-refractivity contribution is 6.31. The van der Waals surface area contributed by atoms with E-state index in [1.165, 1.54) is 18.2 Å². The van der Waals surface area contributed by atoms with E-state index < -0.39 is 5.82 Å². The summed E-state index contributed by atoms with van der Waals surface area (Å²) >= 11 is 5.80. The molecule has 10 heteroatoms. The van der Waals surface area contributed by atoms with Crippen LogP contribution in [0.3, 0.4) is 0 Å². The van der Waals surface area contributed by atoms with Gasteiger partial charge in [-0.3, -0.25) is 9.48 Å². The summed E-state index contributed by atoms with van der Waals surface area (Å²) in [6, 6.07) is 3.70. The van der Waals surface area contributed by atoms with E-state index in [2.05, 4.69) is 10.4 Å². The van der Waals surface area contributed by atoms with Gasteiger partial charge in [-0.1, -0.05) is 11.6 Å². The molecule has 1 saturated heterocycles. The number of hydrogen-bond acceptors (Lipinski definition) is 4. The van der Waals surface area contributed by atoms with Crippen LogP contribution in [0.15, 0.2) is 24.4 Å². The lowest BCUT2D eigenvalue weighted by molar-refractivity contribution is 0.0646. The van der Waals surface area contributed by atoms with Crippen LogP contribution in [0.4, 0.5) is 14.9 Å². The van der Waals surface area contributed by atoms with Gasteiger partial charge < -0.3 is 19.9 Å². The number of halogens is 2. The van der Waals surface area contributed by atoms with Crippen LogP contribution in [0.25, 0.3) is 0 Å². The van der Waals surface area contributed by atoms with Gasteiger partial charge in [-0.2, -0.15) is 5.10 Å². The number of benzene rings is 1. The van der Waals surface area contributed by atoms with Crippen LogP contribution in [0.5, 0.6) is 0 Å². The molecule has 1 aromatic carbocycles. The van der Waals surface area contributed by atoms with Crippen molar-refractivity contribution in [2.24, 2.45) is 0 Å². The molecule has 1 N–H and O–H groups in total. The van der Waals surface area contributed by atoms with Crippen molar-refractivity contribution in [3.05, 3.63) is 46.5 Å². The normalized spacial score (nSPS) is 19.7. The molecule has 164 valence electrons. The number of ether oxygens (including phenoxy) is 1. The molecule has 1 aromatic heterocycles. The van der Waals surface area contributed by atoms with Crippen LogP contribution >= 0.6 is 11.6 Å². The third-order valence-electron chi connectivity index (χ3n) is 6.38. The fourth-order valence-corrected chi connectivity index (χ4v) is 4.57. The van der Waals surface area contributed by atoms with Crippen molar-refractivity contribution in [3.63, 3.8) is 0 Å². The first kappa shape index (κ1) is 20.3. The summed E-state index contributed by atoms with van der Waals surface area (Å²) in [6.45, 7) is 2.99. The largest absolute Gasteiger partial charge is 0.380 e. The molecule has 0 radical (unpaired) electrons. The van der Waals surface area contributed by atoms with E-state index in [0.717, 1.165) is 25.0 Å². The van der Waals surface area contributed by atoms with E-state index in [9.17, 15) is 14.0 Å². The summed E-state index contributed by atoms with van der Waals surface area (Å²) in [4.78, 5) is 29.8. The SMILES string of the molecule is O=C(Nc1ccc(F)c(Cl)c1)N1CCn2ncc(C(=O)N3CCOCCC34CC4)c2C1. The molecular weight excluding hydrogens is 425 g/mol. The number of anilines is 1. The van der Waals surface area contributed by atoms with E-state index >= 15 is 0 Å². The highest BCUT2D eigenvalue weighted by Gasteiger charge is 2.51. The zero-order valence-corrected chi connectivity index (χ0v) is 17.7. The van der Waals surface area contributed by atoms with Crippen LogP contribution < -0.4 is 5.32 Å². The van der Waals surface area contributed by atoms with E-state index in [1.807, 2.05) is 4.90 Å². The fraction of sp³-hybridized carbons (Fsp3) is 0.476. The maximum absolute atomic E-state index is 13.4. The van der Waals surface area contributed by atoms with Gasteiger partial charge in [0.25, 0.3) is 5.91 Å². The van der Waals surface area contributed by atoms with Gasteiger partial charge in [0, 0.05) is 30.9 Å². The Morgan fingerprint density at radius 3 is 2.77 bits per heavy atom. The van der Waals surface area contributed by atoms with Crippen LogP contribution in [-0.4, -0.2) is 63.4 Å². The number of carbonyl (C=O) groups is 2. The molecule has 1 aliphatic carbocycles. The maximum atomic E-state index is 13.4. The monoisotopic (exact) mass is 447 g/mol. The molecule has 0 bridgehead atoms. The molecule has 3 aliphatic rings. The summed E-state index contributed by atoms with van der Waals surface area (Å²) in [5, 5.41) is 7.07. The van der Waals surface area contributed by atoms with Crippen LogP contribution in [0.1, 0.15) is 35.3 Å². The average molecular weight is 448 g/mol. The van der Waals surface area contributed by atoms with Gasteiger partial charge in [0.05, 0.1) is 42.2 Å². The topological polar surface area (TPSA) is 79.7 Å². The van der Waals surface area contributed by atoms with Crippen molar-refractivity contribution in [2.75, 3.05) is 31.6 Å². The van der Waals surface area contributed by atoms with Crippen molar-refractivity contribution >= 4 is 29.2 Å². The minimum Gasteiger partial charge on any atom is -0.380 e. The number of aromatic nitrogens is 2. The second-order valence-corrected chi connectivity index (χ2v) is 8.66. The van der Waals surface area contributed by atoms with Crippen LogP contribution in [-0.2, 0) is 17.8 Å². The maximum Gasteiger partial charge on any atom is 0.322 e. The lowest BCUT2D eigenvalue weighted by atomic mass is 10.1. The van der Waals surface area contributed by atoms with Crippen molar-refractivity contribution in [1.29, 1.82) is 0 Å². The molecule has 5 rings (SSSR count). The Balaban J connectivity index is 1.33. The van der Waals surface area contributed by atoms with Gasteiger partial charge in [-0.05, 0) is 37.5 Å². The molecule has 0 unspecified atom stereocenters. The number of amides is 3. The van der Waals surface area contributed by atoms with Gasteiger partial charge in [-0.15, -0.1) is 0 Å². The summed E-state index contributed by atoms with van der Waals surface area (Å²) in [7, 11) is 0. The van der Waals surface area contributed by atoms with E-state index in [1.54, 1.807) is 15.8 Å². The number of fused-ring (bicyclic) bond motifs is 1. The Bertz CT molecular complexity index is 1040. The zero-order valence-electron chi connectivity index (χ0n) is 16.9. The second kappa shape index (κ2) is 7.80. The first-order valence-corrected chi connectivity index (χ1v) is 10.8. The summed E-state index contributed by atoms with van der Waals surface area (Å²) in [5.74, 6) is -0.589. The minimum atomic E-state index is -0.544. The molecule has 0 atom stereocenters. The Kier molecular flexibility index (Phi) is 5.10. The zero-order chi connectivity index (χ0) is 21.6. The molecule has 8 nitrogen and oxygen atoms in total. The molecule has 2 aromatic rings. The Morgan fingerprint density at radius 1 is 1.16 bits per heavy atom. The quantitative estimate of drug-likeness (QED) is 0.767. The third kappa shape index (κ3) is 3.76. The smallest absolute Gasteiger partial charge is 0.322 e. The Hall–Kier alpha value is -2.65. The average Bonchev–Trinajstić information content (AvgIpc) is 3.47. The number of rotatable bonds is 2. The van der Waals surface area contributed by atoms with Crippen molar-refractivity contribution in [2.45, 2.75) is 37.9 Å².